The van der Waals surface area contributed by atoms with Crippen LogP contribution in [0.4, 0.5) is 16.2 Å². The van der Waals surface area contributed by atoms with E-state index in [1.807, 2.05) is 6.92 Å². The van der Waals surface area contributed by atoms with E-state index in [-0.39, 0.29) is 6.54 Å². The van der Waals surface area contributed by atoms with Crippen molar-refractivity contribution < 1.29 is 14.4 Å². The summed E-state index contributed by atoms with van der Waals surface area (Å²) in [5, 5.41) is 5.17. The first-order valence-electron chi connectivity index (χ1n) is 6.51. The lowest BCUT2D eigenvalue weighted by atomic mass is 10.1. The van der Waals surface area contributed by atoms with E-state index < -0.39 is 23.4 Å². The third-order valence-corrected chi connectivity index (χ3v) is 3.28. The van der Waals surface area contributed by atoms with Crippen molar-refractivity contribution in [3.63, 3.8) is 0 Å². The maximum Gasteiger partial charge on any atom is 0.325 e. The van der Waals surface area contributed by atoms with Crippen LogP contribution in [-0.4, -0.2) is 34.8 Å². The molecule has 0 aliphatic carbocycles. The summed E-state index contributed by atoms with van der Waals surface area (Å²) in [6.07, 6.45) is 0. The predicted octanol–water partition coefficient (Wildman–Crippen LogP) is 0.846. The second-order valence-electron chi connectivity index (χ2n) is 5.57. The lowest BCUT2D eigenvalue weighted by Gasteiger charge is -2.16. The summed E-state index contributed by atoms with van der Waals surface area (Å²) in [7, 11) is 0. The minimum absolute atomic E-state index is 0.331. The van der Waals surface area contributed by atoms with Crippen molar-refractivity contribution >= 4 is 29.2 Å². The molecule has 1 aromatic carbocycles. The van der Waals surface area contributed by atoms with Crippen molar-refractivity contribution in [3.8, 4) is 0 Å². The second kappa shape index (κ2) is 5.08. The van der Waals surface area contributed by atoms with Crippen LogP contribution >= 0.6 is 0 Å². The zero-order valence-corrected chi connectivity index (χ0v) is 12.2. The fourth-order valence-corrected chi connectivity index (χ4v) is 2.07. The SMILES string of the molecule is Cc1ccc(N)cc1NC(=O)CN1C(=O)NC(C)(C)C1=O. The standard InChI is InChI=1S/C14H18N4O3/c1-8-4-5-9(15)6-10(8)16-11(19)7-18-12(20)14(2,3)17-13(18)21/h4-6H,7,15H2,1-3H3,(H,16,19)(H,17,21). The van der Waals surface area contributed by atoms with Crippen LogP contribution in [-0.2, 0) is 9.59 Å². The fourth-order valence-electron chi connectivity index (χ4n) is 2.07. The highest BCUT2D eigenvalue weighted by atomic mass is 16.2. The summed E-state index contributed by atoms with van der Waals surface area (Å²) in [6.45, 7) is 4.68. The second-order valence-corrected chi connectivity index (χ2v) is 5.57. The topological polar surface area (TPSA) is 105 Å². The van der Waals surface area contributed by atoms with E-state index in [2.05, 4.69) is 10.6 Å². The molecule has 0 atom stereocenters. The van der Waals surface area contributed by atoms with Crippen molar-refractivity contribution in [1.29, 1.82) is 0 Å². The molecule has 0 unspecified atom stereocenters. The zero-order chi connectivity index (χ0) is 15.8. The van der Waals surface area contributed by atoms with E-state index in [1.54, 1.807) is 32.0 Å². The Morgan fingerprint density at radius 1 is 1.38 bits per heavy atom. The van der Waals surface area contributed by atoms with Gasteiger partial charge in [0, 0.05) is 11.4 Å². The van der Waals surface area contributed by atoms with Crippen LogP contribution < -0.4 is 16.4 Å². The smallest absolute Gasteiger partial charge is 0.325 e. The Labute approximate surface area is 122 Å². The molecule has 0 aromatic heterocycles. The first-order chi connectivity index (χ1) is 9.70. The third kappa shape index (κ3) is 2.96. The normalized spacial score (nSPS) is 16.8. The molecule has 7 heteroatoms. The number of anilines is 2. The summed E-state index contributed by atoms with van der Waals surface area (Å²) in [4.78, 5) is 36.6. The maximum atomic E-state index is 12.0. The molecule has 0 radical (unpaired) electrons. The number of hydrogen-bond donors (Lipinski definition) is 3. The van der Waals surface area contributed by atoms with Crippen molar-refractivity contribution in [1.82, 2.24) is 10.2 Å². The molecule has 7 nitrogen and oxygen atoms in total. The van der Waals surface area contributed by atoms with Crippen LogP contribution in [0.1, 0.15) is 19.4 Å². The third-order valence-electron chi connectivity index (χ3n) is 3.28. The number of carbonyl (C=O) groups is 3. The highest BCUT2D eigenvalue weighted by Crippen LogP contribution is 2.19. The van der Waals surface area contributed by atoms with Gasteiger partial charge in [-0.05, 0) is 38.5 Å². The first kappa shape index (κ1) is 14.8. The highest BCUT2D eigenvalue weighted by Gasteiger charge is 2.44. The number of rotatable bonds is 3. The predicted molar refractivity (Wildman–Crippen MR) is 78.5 cm³/mol. The molecule has 0 spiro atoms. The molecular weight excluding hydrogens is 272 g/mol. The molecule has 4 amide bonds. The van der Waals surface area contributed by atoms with E-state index in [9.17, 15) is 14.4 Å². The van der Waals surface area contributed by atoms with Gasteiger partial charge in [0.05, 0.1) is 0 Å². The largest absolute Gasteiger partial charge is 0.399 e. The van der Waals surface area contributed by atoms with Crippen LogP contribution in [0.2, 0.25) is 0 Å². The number of carbonyl (C=O) groups excluding carboxylic acids is 3. The number of benzene rings is 1. The number of urea groups is 1. The Kier molecular flexibility index (Phi) is 3.59. The molecule has 21 heavy (non-hydrogen) atoms. The number of nitrogen functional groups attached to an aromatic ring is 1. The molecule has 0 bridgehead atoms. The number of hydrogen-bond acceptors (Lipinski definition) is 4. The van der Waals surface area contributed by atoms with Gasteiger partial charge in [-0.2, -0.15) is 0 Å². The average Bonchev–Trinajstić information content (AvgIpc) is 2.56. The van der Waals surface area contributed by atoms with Crippen LogP contribution in [0.3, 0.4) is 0 Å². The Morgan fingerprint density at radius 3 is 2.62 bits per heavy atom. The average molecular weight is 290 g/mol. The molecule has 1 saturated heterocycles. The van der Waals surface area contributed by atoms with Gasteiger partial charge in [0.25, 0.3) is 5.91 Å². The van der Waals surface area contributed by atoms with E-state index in [0.717, 1.165) is 10.5 Å². The van der Waals surface area contributed by atoms with Crippen LogP contribution in [0, 0.1) is 6.92 Å². The number of nitrogens with two attached hydrogens (primary N) is 1. The van der Waals surface area contributed by atoms with E-state index >= 15 is 0 Å². The molecule has 0 saturated carbocycles. The van der Waals surface area contributed by atoms with Gasteiger partial charge in [-0.15, -0.1) is 0 Å². The van der Waals surface area contributed by atoms with Gasteiger partial charge in [0.15, 0.2) is 0 Å². The molecule has 4 N–H and O–H groups in total. The van der Waals surface area contributed by atoms with Crippen molar-refractivity contribution in [2.75, 3.05) is 17.6 Å². The van der Waals surface area contributed by atoms with Gasteiger partial charge in [0.1, 0.15) is 12.1 Å². The molecule has 1 aliphatic rings. The summed E-state index contributed by atoms with van der Waals surface area (Å²) in [5.74, 6) is -0.878. The number of nitrogens with one attached hydrogen (secondary N) is 2. The van der Waals surface area contributed by atoms with Gasteiger partial charge in [-0.25, -0.2) is 4.79 Å². The monoisotopic (exact) mass is 290 g/mol. The Hall–Kier alpha value is -2.57. The van der Waals surface area contributed by atoms with Crippen molar-refractivity contribution in [2.24, 2.45) is 0 Å². The molecule has 1 aliphatic heterocycles. The minimum Gasteiger partial charge on any atom is -0.399 e. The molecule has 1 aromatic rings. The highest BCUT2D eigenvalue weighted by molar-refractivity contribution is 6.09. The summed E-state index contributed by atoms with van der Waals surface area (Å²) < 4.78 is 0. The van der Waals surface area contributed by atoms with E-state index in [4.69, 9.17) is 5.73 Å². The van der Waals surface area contributed by atoms with Crippen LogP contribution in [0.25, 0.3) is 0 Å². The van der Waals surface area contributed by atoms with Gasteiger partial charge < -0.3 is 16.4 Å². The number of imide groups is 1. The molecule has 112 valence electrons. The Bertz CT molecular complexity index is 625. The van der Waals surface area contributed by atoms with Crippen LogP contribution in [0.5, 0.6) is 0 Å². The van der Waals surface area contributed by atoms with Gasteiger partial charge >= 0.3 is 6.03 Å². The van der Waals surface area contributed by atoms with Gasteiger partial charge in [0.2, 0.25) is 5.91 Å². The van der Waals surface area contributed by atoms with Gasteiger partial charge in [-0.1, -0.05) is 6.07 Å². The lowest BCUT2D eigenvalue weighted by Crippen LogP contribution is -2.41. The molecule has 2 rings (SSSR count). The quantitative estimate of drug-likeness (QED) is 0.567. The maximum absolute atomic E-state index is 12.0. The van der Waals surface area contributed by atoms with E-state index in [1.165, 1.54) is 0 Å². The summed E-state index contributed by atoms with van der Waals surface area (Å²) in [6, 6.07) is 4.57. The Balaban J connectivity index is 2.07. The zero-order valence-electron chi connectivity index (χ0n) is 12.2. The Morgan fingerprint density at radius 2 is 2.05 bits per heavy atom. The van der Waals surface area contributed by atoms with Crippen LogP contribution in [0.15, 0.2) is 18.2 Å². The number of amides is 4. The number of aryl methyl sites for hydroxylation is 1. The van der Waals surface area contributed by atoms with Crippen molar-refractivity contribution in [2.45, 2.75) is 26.3 Å². The van der Waals surface area contributed by atoms with Gasteiger partial charge in [-0.3, -0.25) is 14.5 Å². The molecule has 1 heterocycles. The minimum atomic E-state index is -0.982. The number of nitrogens with zero attached hydrogens (tertiary/aromatic N) is 1. The lowest BCUT2D eigenvalue weighted by molar-refractivity contribution is -0.132. The molecular formula is C14H18N4O3. The summed E-state index contributed by atoms with van der Waals surface area (Å²) in [5.41, 5.74) is 6.61. The van der Waals surface area contributed by atoms with E-state index in [0.29, 0.717) is 11.4 Å². The van der Waals surface area contributed by atoms with Crippen molar-refractivity contribution in [3.05, 3.63) is 23.8 Å². The summed E-state index contributed by atoms with van der Waals surface area (Å²) >= 11 is 0. The fraction of sp³-hybridized carbons (Fsp3) is 0.357. The first-order valence-corrected chi connectivity index (χ1v) is 6.51. The molecule has 1 fully saturated rings.